The number of hydrogen-bond donors (Lipinski definition) is 1. The Hall–Kier alpha value is -2.33. The Morgan fingerprint density at radius 1 is 1.04 bits per heavy atom. The van der Waals surface area contributed by atoms with Gasteiger partial charge in [-0.1, -0.05) is 68.8 Å². The van der Waals surface area contributed by atoms with Crippen LogP contribution in [0.2, 0.25) is 5.02 Å². The topological polar surface area (TPSA) is 69.2 Å². The van der Waals surface area contributed by atoms with E-state index in [4.69, 9.17) is 11.6 Å². The van der Waals surface area contributed by atoms with Crippen LogP contribution in [0.1, 0.15) is 49.9 Å². The fraction of sp³-hybridized carbons (Fsp3) is 0.333. The van der Waals surface area contributed by atoms with Gasteiger partial charge in [0.25, 0.3) is 0 Å². The number of halogens is 1. The third-order valence-corrected chi connectivity index (χ3v) is 4.42. The van der Waals surface area contributed by atoms with E-state index in [9.17, 15) is 14.7 Å². The number of carboxylic acid groups (broad SMARTS) is 1. The van der Waals surface area contributed by atoms with Gasteiger partial charge in [-0.25, -0.2) is 0 Å². The van der Waals surface area contributed by atoms with Gasteiger partial charge in [0, 0.05) is 17.4 Å². The van der Waals surface area contributed by atoms with Gasteiger partial charge in [0.05, 0.1) is 12.5 Å². The van der Waals surface area contributed by atoms with Crippen molar-refractivity contribution < 1.29 is 14.7 Å². The van der Waals surface area contributed by atoms with Gasteiger partial charge < -0.3 is 15.2 Å². The van der Waals surface area contributed by atoms with Crippen LogP contribution in [-0.4, -0.2) is 11.9 Å². The van der Waals surface area contributed by atoms with Crippen molar-refractivity contribution in [2.24, 2.45) is 0 Å². The van der Waals surface area contributed by atoms with Gasteiger partial charge in [0.15, 0.2) is 0 Å². The second kappa shape index (κ2) is 8.37. The van der Waals surface area contributed by atoms with Crippen molar-refractivity contribution in [3.63, 3.8) is 0 Å². The largest absolute Gasteiger partial charge is 0.550 e. The lowest BCUT2D eigenvalue weighted by Crippen LogP contribution is -2.35. The van der Waals surface area contributed by atoms with Gasteiger partial charge in [-0.15, -0.1) is 0 Å². The highest BCUT2D eigenvalue weighted by Crippen LogP contribution is 2.25. The van der Waals surface area contributed by atoms with Crippen LogP contribution in [0.15, 0.2) is 48.5 Å². The molecule has 0 spiro atoms. The van der Waals surface area contributed by atoms with Crippen LogP contribution in [0.3, 0.4) is 0 Å². The van der Waals surface area contributed by atoms with E-state index < -0.39 is 12.0 Å². The average molecular weight is 373 g/mol. The Kier molecular flexibility index (Phi) is 6.43. The number of rotatable bonds is 6. The minimum atomic E-state index is -1.21. The van der Waals surface area contributed by atoms with Crippen molar-refractivity contribution >= 4 is 23.5 Å². The summed E-state index contributed by atoms with van der Waals surface area (Å²) in [6, 6.07) is 14.0. The van der Waals surface area contributed by atoms with Crippen LogP contribution in [0.25, 0.3) is 0 Å². The van der Waals surface area contributed by atoms with Crippen molar-refractivity contribution in [3.05, 3.63) is 70.2 Å². The van der Waals surface area contributed by atoms with Crippen molar-refractivity contribution in [1.29, 1.82) is 0 Å². The minimum Gasteiger partial charge on any atom is -0.550 e. The monoisotopic (exact) mass is 372 g/mol. The number of hydrogen-bond acceptors (Lipinski definition) is 3. The van der Waals surface area contributed by atoms with E-state index in [-0.39, 0.29) is 24.2 Å². The molecule has 2 aromatic carbocycles. The SMILES string of the molecule is CC(C)(C)c1ccc([C@H](CC(=O)[O-])NC(=O)Cc2ccc(Cl)cc2)cc1. The maximum absolute atomic E-state index is 12.3. The van der Waals surface area contributed by atoms with E-state index >= 15 is 0 Å². The Bertz CT molecular complexity index is 761. The van der Waals surface area contributed by atoms with Gasteiger partial charge in [-0.2, -0.15) is 0 Å². The van der Waals surface area contributed by atoms with Crippen molar-refractivity contribution in [2.75, 3.05) is 0 Å². The number of carboxylic acids is 1. The minimum absolute atomic E-state index is 0.000210. The zero-order valence-corrected chi connectivity index (χ0v) is 16.0. The quantitative estimate of drug-likeness (QED) is 0.846. The first kappa shape index (κ1) is 20.0. The van der Waals surface area contributed by atoms with Gasteiger partial charge >= 0.3 is 0 Å². The van der Waals surface area contributed by atoms with Crippen LogP contribution < -0.4 is 10.4 Å². The summed E-state index contributed by atoms with van der Waals surface area (Å²) < 4.78 is 0. The number of carbonyl (C=O) groups is 2. The van der Waals surface area contributed by atoms with Crippen LogP contribution in [-0.2, 0) is 21.4 Å². The molecule has 0 saturated heterocycles. The molecular formula is C21H23ClNO3-. The second-order valence-electron chi connectivity index (χ2n) is 7.37. The van der Waals surface area contributed by atoms with Crippen LogP contribution >= 0.6 is 11.6 Å². The molecule has 5 heteroatoms. The third kappa shape index (κ3) is 5.88. The molecule has 0 radical (unpaired) electrons. The number of benzene rings is 2. The summed E-state index contributed by atoms with van der Waals surface area (Å²) in [4.78, 5) is 23.4. The average Bonchev–Trinajstić information content (AvgIpc) is 2.55. The highest BCUT2D eigenvalue weighted by atomic mass is 35.5. The molecule has 1 N–H and O–H groups in total. The smallest absolute Gasteiger partial charge is 0.224 e. The second-order valence-corrected chi connectivity index (χ2v) is 7.81. The predicted molar refractivity (Wildman–Crippen MR) is 101 cm³/mol. The molecule has 0 bridgehead atoms. The van der Waals surface area contributed by atoms with E-state index in [1.54, 1.807) is 24.3 Å². The van der Waals surface area contributed by atoms with Gasteiger partial charge in [-0.3, -0.25) is 4.79 Å². The van der Waals surface area contributed by atoms with Crippen LogP contribution in [0.5, 0.6) is 0 Å². The lowest BCUT2D eigenvalue weighted by molar-refractivity contribution is -0.306. The Labute approximate surface area is 159 Å². The molecule has 0 unspecified atom stereocenters. The maximum atomic E-state index is 12.3. The fourth-order valence-electron chi connectivity index (χ4n) is 2.67. The van der Waals surface area contributed by atoms with Crippen molar-refractivity contribution in [1.82, 2.24) is 5.32 Å². The molecule has 0 aromatic heterocycles. The first-order chi connectivity index (χ1) is 12.1. The van der Waals surface area contributed by atoms with Gasteiger partial charge in [-0.05, 0) is 34.2 Å². The molecule has 138 valence electrons. The molecule has 26 heavy (non-hydrogen) atoms. The summed E-state index contributed by atoms with van der Waals surface area (Å²) in [5.41, 5.74) is 2.69. The number of aliphatic carboxylic acids is 1. The highest BCUT2D eigenvalue weighted by Gasteiger charge is 2.18. The number of nitrogens with one attached hydrogen (secondary N) is 1. The Morgan fingerprint density at radius 2 is 1.62 bits per heavy atom. The van der Waals surface area contributed by atoms with E-state index in [0.717, 1.165) is 16.7 Å². The molecule has 0 saturated carbocycles. The molecule has 2 aromatic rings. The molecule has 0 aliphatic rings. The first-order valence-corrected chi connectivity index (χ1v) is 8.87. The normalized spacial score (nSPS) is 12.5. The molecule has 1 amide bonds. The highest BCUT2D eigenvalue weighted by molar-refractivity contribution is 6.30. The summed E-state index contributed by atoms with van der Waals surface area (Å²) in [5.74, 6) is -1.46. The molecule has 0 aliphatic heterocycles. The van der Waals surface area contributed by atoms with Crippen molar-refractivity contribution in [3.8, 4) is 0 Å². The molecule has 1 atom stereocenters. The summed E-state index contributed by atoms with van der Waals surface area (Å²) in [6.07, 6.45) is -0.123. The molecule has 2 rings (SSSR count). The molecule has 4 nitrogen and oxygen atoms in total. The number of amides is 1. The molecular weight excluding hydrogens is 350 g/mol. The summed E-state index contributed by atoms with van der Waals surface area (Å²) >= 11 is 5.84. The van der Waals surface area contributed by atoms with E-state index in [1.807, 2.05) is 24.3 Å². The molecule has 0 heterocycles. The third-order valence-electron chi connectivity index (χ3n) is 4.16. The van der Waals surface area contributed by atoms with Crippen LogP contribution in [0.4, 0.5) is 0 Å². The zero-order chi connectivity index (χ0) is 19.3. The standard InChI is InChI=1S/C21H24ClNO3/c1-21(2,3)16-8-6-15(7-9-16)18(13-20(25)26)23-19(24)12-14-4-10-17(22)11-5-14/h4-11,18H,12-13H2,1-3H3,(H,23,24)(H,25,26)/p-1/t18-/m0/s1. The van der Waals surface area contributed by atoms with Gasteiger partial charge in [0.2, 0.25) is 5.91 Å². The maximum Gasteiger partial charge on any atom is 0.224 e. The lowest BCUT2D eigenvalue weighted by atomic mass is 9.86. The molecule has 0 fully saturated rings. The van der Waals surface area contributed by atoms with E-state index in [0.29, 0.717) is 5.02 Å². The molecule has 0 aliphatic carbocycles. The van der Waals surface area contributed by atoms with Gasteiger partial charge in [0.1, 0.15) is 0 Å². The predicted octanol–water partition coefficient (Wildman–Crippen LogP) is 3.18. The number of carbonyl (C=O) groups excluding carboxylic acids is 2. The fourth-order valence-corrected chi connectivity index (χ4v) is 2.79. The first-order valence-electron chi connectivity index (χ1n) is 8.49. The van der Waals surface area contributed by atoms with Crippen molar-refractivity contribution in [2.45, 2.75) is 45.1 Å². The lowest BCUT2D eigenvalue weighted by Gasteiger charge is -2.23. The summed E-state index contributed by atoms with van der Waals surface area (Å²) in [6.45, 7) is 6.32. The van der Waals surface area contributed by atoms with E-state index in [1.165, 1.54) is 0 Å². The zero-order valence-electron chi connectivity index (χ0n) is 15.2. The summed E-state index contributed by atoms with van der Waals surface area (Å²) in [5, 5.41) is 14.5. The van der Waals surface area contributed by atoms with E-state index in [2.05, 4.69) is 26.1 Å². The van der Waals surface area contributed by atoms with Crippen LogP contribution in [0, 0.1) is 0 Å². The summed E-state index contributed by atoms with van der Waals surface area (Å²) in [7, 11) is 0. The Balaban J connectivity index is 2.12. The Morgan fingerprint density at radius 3 is 2.12 bits per heavy atom.